The first kappa shape index (κ1) is 10.9. The molecule has 1 aromatic rings. The van der Waals surface area contributed by atoms with Gasteiger partial charge in [-0.2, -0.15) is 5.10 Å². The number of ketones is 1. The first-order valence-electron chi connectivity index (χ1n) is 5.05. The summed E-state index contributed by atoms with van der Waals surface area (Å²) in [6, 6.07) is 1.78. The van der Waals surface area contributed by atoms with E-state index in [1.54, 1.807) is 16.9 Å². The molecule has 0 aliphatic rings. The molecule has 4 heteroatoms. The molecule has 4 nitrogen and oxygen atoms in total. The van der Waals surface area contributed by atoms with Crippen molar-refractivity contribution in [3.63, 3.8) is 0 Å². The van der Waals surface area contributed by atoms with E-state index in [2.05, 4.69) is 10.4 Å². The van der Waals surface area contributed by atoms with Gasteiger partial charge >= 0.3 is 0 Å². The normalized spacial score (nSPS) is 10.4. The maximum atomic E-state index is 11.7. The second-order valence-electron chi connectivity index (χ2n) is 3.06. The van der Waals surface area contributed by atoms with E-state index < -0.39 is 0 Å². The van der Waals surface area contributed by atoms with Crippen LogP contribution in [0.1, 0.15) is 30.8 Å². The molecule has 0 bridgehead atoms. The summed E-state index contributed by atoms with van der Waals surface area (Å²) < 4.78 is 1.73. The highest BCUT2D eigenvalue weighted by Crippen LogP contribution is 2.02. The third-order valence-corrected chi connectivity index (χ3v) is 2.08. The van der Waals surface area contributed by atoms with Gasteiger partial charge in [0.1, 0.15) is 5.69 Å². The van der Waals surface area contributed by atoms with E-state index in [4.69, 9.17) is 0 Å². The van der Waals surface area contributed by atoms with Crippen molar-refractivity contribution < 1.29 is 4.79 Å². The van der Waals surface area contributed by atoms with Crippen LogP contribution in [0.3, 0.4) is 0 Å². The summed E-state index contributed by atoms with van der Waals surface area (Å²) in [5, 5.41) is 7.19. The number of nitrogens with one attached hydrogen (secondary N) is 1. The van der Waals surface area contributed by atoms with Gasteiger partial charge < -0.3 is 5.32 Å². The minimum atomic E-state index is 0.158. The molecule has 1 heterocycles. The molecule has 0 unspecified atom stereocenters. The number of rotatable bonds is 6. The minimum Gasteiger partial charge on any atom is -0.317 e. The van der Waals surface area contributed by atoms with E-state index in [-0.39, 0.29) is 5.78 Å². The lowest BCUT2D eigenvalue weighted by molar-refractivity contribution is 0.0972. The lowest BCUT2D eigenvalue weighted by Crippen LogP contribution is -2.19. The van der Waals surface area contributed by atoms with Crippen LogP contribution in [0.4, 0.5) is 0 Å². The fourth-order valence-electron chi connectivity index (χ4n) is 1.33. The van der Waals surface area contributed by atoms with Crippen molar-refractivity contribution in [1.29, 1.82) is 0 Å². The number of Topliss-reactive ketones (excluding diaryl/α,β-unsaturated/α-hetero) is 1. The topological polar surface area (TPSA) is 46.9 Å². The minimum absolute atomic E-state index is 0.158. The number of carbonyl (C=O) groups is 1. The Bertz CT molecular complexity index is 293. The number of aryl methyl sites for hydroxylation is 1. The van der Waals surface area contributed by atoms with Crippen LogP contribution in [0.25, 0.3) is 0 Å². The molecule has 1 N–H and O–H groups in total. The summed E-state index contributed by atoms with van der Waals surface area (Å²) in [7, 11) is 0. The van der Waals surface area contributed by atoms with E-state index >= 15 is 0 Å². The van der Waals surface area contributed by atoms with Crippen LogP contribution in [0.2, 0.25) is 0 Å². The molecule has 1 aromatic heterocycles. The van der Waals surface area contributed by atoms with Gasteiger partial charge in [-0.3, -0.25) is 9.48 Å². The fourth-order valence-corrected chi connectivity index (χ4v) is 1.33. The largest absolute Gasteiger partial charge is 0.317 e. The molecule has 0 atom stereocenters. The standard InChI is InChI=1S/C10H17N3O/c1-3-11-7-6-10(14)9-5-8-12-13(9)4-2/h5,8,11H,3-4,6-7H2,1-2H3. The maximum absolute atomic E-state index is 11.7. The van der Waals surface area contributed by atoms with Crippen LogP contribution in [-0.2, 0) is 6.54 Å². The van der Waals surface area contributed by atoms with Crippen molar-refractivity contribution in [1.82, 2.24) is 15.1 Å². The average molecular weight is 195 g/mol. The highest BCUT2D eigenvalue weighted by atomic mass is 16.1. The number of hydrogen-bond acceptors (Lipinski definition) is 3. The second-order valence-corrected chi connectivity index (χ2v) is 3.06. The summed E-state index contributed by atoms with van der Waals surface area (Å²) in [6.07, 6.45) is 2.21. The predicted molar refractivity (Wildman–Crippen MR) is 55.4 cm³/mol. The molecular weight excluding hydrogens is 178 g/mol. The number of hydrogen-bond donors (Lipinski definition) is 1. The van der Waals surface area contributed by atoms with E-state index in [1.807, 2.05) is 13.8 Å². The monoisotopic (exact) mass is 195 g/mol. The Labute approximate surface area is 84.3 Å². The fraction of sp³-hybridized carbons (Fsp3) is 0.600. The molecule has 0 aliphatic heterocycles. The summed E-state index contributed by atoms with van der Waals surface area (Å²) in [4.78, 5) is 11.7. The van der Waals surface area contributed by atoms with Crippen LogP contribution < -0.4 is 5.32 Å². The Morgan fingerprint density at radius 2 is 2.36 bits per heavy atom. The van der Waals surface area contributed by atoms with Gasteiger partial charge in [-0.15, -0.1) is 0 Å². The van der Waals surface area contributed by atoms with Crippen molar-refractivity contribution in [2.75, 3.05) is 13.1 Å². The number of carbonyl (C=O) groups excluding carboxylic acids is 1. The van der Waals surface area contributed by atoms with E-state index in [0.29, 0.717) is 12.1 Å². The zero-order valence-electron chi connectivity index (χ0n) is 8.79. The van der Waals surface area contributed by atoms with Gasteiger partial charge in [0.2, 0.25) is 0 Å². The van der Waals surface area contributed by atoms with Crippen molar-refractivity contribution in [3.8, 4) is 0 Å². The van der Waals surface area contributed by atoms with Crippen LogP contribution in [0, 0.1) is 0 Å². The third kappa shape index (κ3) is 2.67. The summed E-state index contributed by atoms with van der Waals surface area (Å²) >= 11 is 0. The first-order chi connectivity index (χ1) is 6.79. The Morgan fingerprint density at radius 1 is 1.57 bits per heavy atom. The highest BCUT2D eigenvalue weighted by Gasteiger charge is 2.09. The lowest BCUT2D eigenvalue weighted by Gasteiger charge is -2.03. The SMILES string of the molecule is CCNCCC(=O)c1ccnn1CC. The molecule has 0 saturated heterocycles. The third-order valence-electron chi connectivity index (χ3n) is 2.08. The molecule has 14 heavy (non-hydrogen) atoms. The first-order valence-corrected chi connectivity index (χ1v) is 5.05. The summed E-state index contributed by atoms with van der Waals surface area (Å²) in [5.41, 5.74) is 0.713. The van der Waals surface area contributed by atoms with Crippen LogP contribution >= 0.6 is 0 Å². The van der Waals surface area contributed by atoms with Gasteiger partial charge in [0.05, 0.1) is 0 Å². The molecule has 0 spiro atoms. The van der Waals surface area contributed by atoms with Crippen LogP contribution in [0.15, 0.2) is 12.3 Å². The lowest BCUT2D eigenvalue weighted by atomic mass is 10.2. The predicted octanol–water partition coefficient (Wildman–Crippen LogP) is 1.09. The molecule has 0 radical (unpaired) electrons. The van der Waals surface area contributed by atoms with Crippen molar-refractivity contribution in [2.45, 2.75) is 26.8 Å². The van der Waals surface area contributed by atoms with Crippen molar-refractivity contribution in [3.05, 3.63) is 18.0 Å². The summed E-state index contributed by atoms with van der Waals surface area (Å²) in [5.74, 6) is 0.158. The van der Waals surface area contributed by atoms with E-state index in [9.17, 15) is 4.79 Å². The van der Waals surface area contributed by atoms with Gasteiger partial charge in [0.15, 0.2) is 5.78 Å². The van der Waals surface area contributed by atoms with Crippen LogP contribution in [-0.4, -0.2) is 28.7 Å². The number of aromatic nitrogens is 2. The maximum Gasteiger partial charge on any atom is 0.182 e. The van der Waals surface area contributed by atoms with Gasteiger partial charge in [0.25, 0.3) is 0 Å². The van der Waals surface area contributed by atoms with Crippen LogP contribution in [0.5, 0.6) is 0 Å². The molecule has 0 aliphatic carbocycles. The summed E-state index contributed by atoms with van der Waals surface area (Å²) in [6.45, 7) is 6.40. The molecule has 1 rings (SSSR count). The Balaban J connectivity index is 2.51. The second kappa shape index (κ2) is 5.54. The average Bonchev–Trinajstić information content (AvgIpc) is 2.65. The Morgan fingerprint density at radius 3 is 3.00 bits per heavy atom. The molecule has 0 saturated carbocycles. The van der Waals surface area contributed by atoms with Gasteiger partial charge in [0, 0.05) is 25.7 Å². The molecule has 0 aromatic carbocycles. The van der Waals surface area contributed by atoms with E-state index in [0.717, 1.165) is 19.6 Å². The number of nitrogens with zero attached hydrogens (tertiary/aromatic N) is 2. The van der Waals surface area contributed by atoms with E-state index in [1.165, 1.54) is 0 Å². The van der Waals surface area contributed by atoms with Gasteiger partial charge in [-0.1, -0.05) is 6.92 Å². The molecule has 0 amide bonds. The molecular formula is C10H17N3O. The van der Waals surface area contributed by atoms with Gasteiger partial charge in [-0.25, -0.2) is 0 Å². The Kier molecular flexibility index (Phi) is 4.32. The van der Waals surface area contributed by atoms with Crippen molar-refractivity contribution >= 4 is 5.78 Å². The van der Waals surface area contributed by atoms with Crippen molar-refractivity contribution in [2.24, 2.45) is 0 Å². The zero-order valence-corrected chi connectivity index (χ0v) is 8.79. The quantitative estimate of drug-likeness (QED) is 0.546. The molecule has 78 valence electrons. The zero-order chi connectivity index (χ0) is 10.4. The highest BCUT2D eigenvalue weighted by molar-refractivity contribution is 5.94. The molecule has 0 fully saturated rings. The smallest absolute Gasteiger partial charge is 0.182 e. The van der Waals surface area contributed by atoms with Gasteiger partial charge in [-0.05, 0) is 19.5 Å². The Hall–Kier alpha value is -1.16.